The minimum Gasteiger partial charge on any atom is -0.380 e. The van der Waals surface area contributed by atoms with Crippen molar-refractivity contribution < 1.29 is 17.9 Å². The van der Waals surface area contributed by atoms with Crippen molar-refractivity contribution >= 4 is 16.9 Å². The molecule has 3 aromatic rings. The van der Waals surface area contributed by atoms with Crippen molar-refractivity contribution in [2.24, 2.45) is 5.41 Å². The zero-order valence-corrected chi connectivity index (χ0v) is 19.3. The van der Waals surface area contributed by atoms with Gasteiger partial charge in [0.25, 0.3) is 0 Å². The van der Waals surface area contributed by atoms with Crippen LogP contribution in [0.15, 0.2) is 24.5 Å². The predicted octanol–water partition coefficient (Wildman–Crippen LogP) is 3.11. The molecule has 0 bridgehead atoms. The second-order valence-electron chi connectivity index (χ2n) is 9.90. The molecule has 0 amide bonds. The second kappa shape index (κ2) is 8.72. The fourth-order valence-electron chi connectivity index (χ4n) is 5.30. The molecule has 0 radical (unpaired) electrons. The van der Waals surface area contributed by atoms with Crippen LogP contribution in [0, 0.1) is 5.41 Å². The number of aromatic nitrogens is 4. The largest absolute Gasteiger partial charge is 0.419 e. The number of ether oxygens (including phenoxy) is 1. The lowest BCUT2D eigenvalue weighted by Gasteiger charge is -2.37. The van der Waals surface area contributed by atoms with Crippen LogP contribution in [0.4, 0.5) is 19.0 Å². The van der Waals surface area contributed by atoms with Crippen LogP contribution in [-0.4, -0.2) is 65.4 Å². The summed E-state index contributed by atoms with van der Waals surface area (Å²) >= 11 is 0. The van der Waals surface area contributed by atoms with Crippen molar-refractivity contribution in [2.75, 3.05) is 44.3 Å². The third-order valence-electron chi connectivity index (χ3n) is 7.35. The summed E-state index contributed by atoms with van der Waals surface area (Å²) in [6.07, 6.45) is 1.03. The Morgan fingerprint density at radius 2 is 2.11 bits per heavy atom. The van der Waals surface area contributed by atoms with Crippen LogP contribution in [0.25, 0.3) is 22.3 Å². The van der Waals surface area contributed by atoms with Crippen LogP contribution >= 0.6 is 0 Å². The van der Waals surface area contributed by atoms with Gasteiger partial charge in [0.05, 0.1) is 25.5 Å². The van der Waals surface area contributed by atoms with Gasteiger partial charge in [-0.05, 0) is 37.9 Å². The maximum atomic E-state index is 13.9. The molecular formula is C24H28F3N7O. The molecule has 1 spiro atoms. The lowest BCUT2D eigenvalue weighted by molar-refractivity contribution is -0.137. The Bertz CT molecular complexity index is 1220. The zero-order chi connectivity index (χ0) is 24.0. The van der Waals surface area contributed by atoms with E-state index in [1.165, 1.54) is 0 Å². The molecule has 8 nitrogen and oxygen atoms in total. The average Bonchev–Trinajstić information content (AvgIpc) is 3.47. The van der Waals surface area contributed by atoms with Gasteiger partial charge in [-0.3, -0.25) is 0 Å². The summed E-state index contributed by atoms with van der Waals surface area (Å²) < 4.78 is 47.0. The number of hydrogen-bond acceptors (Lipinski definition) is 7. The smallest absolute Gasteiger partial charge is 0.380 e. The molecule has 11 heteroatoms. The van der Waals surface area contributed by atoms with E-state index in [9.17, 15) is 13.2 Å². The molecular weight excluding hydrogens is 459 g/mol. The summed E-state index contributed by atoms with van der Waals surface area (Å²) in [6.45, 7) is 5.46. The normalized spacial score (nSPS) is 22.1. The molecule has 6 heterocycles. The van der Waals surface area contributed by atoms with E-state index in [0.29, 0.717) is 29.0 Å². The maximum absolute atomic E-state index is 13.9. The first-order chi connectivity index (χ1) is 16.9. The summed E-state index contributed by atoms with van der Waals surface area (Å²) in [5, 5.41) is 7.28. The van der Waals surface area contributed by atoms with Crippen molar-refractivity contribution in [1.29, 1.82) is 0 Å². The van der Waals surface area contributed by atoms with Gasteiger partial charge in [0.15, 0.2) is 0 Å². The van der Waals surface area contributed by atoms with Crippen molar-refractivity contribution in [2.45, 2.75) is 38.0 Å². The van der Waals surface area contributed by atoms with Crippen molar-refractivity contribution in [3.05, 3.63) is 35.9 Å². The number of hydrogen-bond donors (Lipinski definition) is 3. The number of H-pyrrole nitrogens is 1. The molecule has 3 fully saturated rings. The van der Waals surface area contributed by atoms with Gasteiger partial charge in [-0.1, -0.05) is 0 Å². The Morgan fingerprint density at radius 1 is 1.23 bits per heavy atom. The Balaban J connectivity index is 1.30. The Hall–Kier alpha value is -2.76. The van der Waals surface area contributed by atoms with Crippen LogP contribution in [0.2, 0.25) is 0 Å². The summed E-state index contributed by atoms with van der Waals surface area (Å²) in [6, 6.07) is 3.97. The SMILES string of the molecule is FC(F)(F)c1cnc(CNC2CCCNC2)nc1-c1c[nH]c2nc(N3CCC4(COC4)C3)ccc12. The number of nitrogens with one attached hydrogen (secondary N) is 3. The van der Waals surface area contributed by atoms with E-state index in [1.807, 2.05) is 12.1 Å². The summed E-state index contributed by atoms with van der Waals surface area (Å²) in [4.78, 5) is 18.4. The summed E-state index contributed by atoms with van der Waals surface area (Å²) in [5.41, 5.74) is 0.163. The highest BCUT2D eigenvalue weighted by molar-refractivity contribution is 5.94. The maximum Gasteiger partial charge on any atom is 0.419 e. The molecule has 3 saturated heterocycles. The number of nitrogens with zero attached hydrogens (tertiary/aromatic N) is 4. The fraction of sp³-hybridized carbons (Fsp3) is 0.542. The van der Waals surface area contributed by atoms with Crippen LogP contribution < -0.4 is 15.5 Å². The van der Waals surface area contributed by atoms with Gasteiger partial charge in [0.2, 0.25) is 0 Å². The Labute approximate surface area is 200 Å². The number of piperidine rings is 1. The predicted molar refractivity (Wildman–Crippen MR) is 125 cm³/mol. The van der Waals surface area contributed by atoms with Gasteiger partial charge in [-0.25, -0.2) is 15.0 Å². The summed E-state index contributed by atoms with van der Waals surface area (Å²) in [5.74, 6) is 1.15. The van der Waals surface area contributed by atoms with E-state index in [0.717, 1.165) is 70.7 Å². The molecule has 6 rings (SSSR count). The van der Waals surface area contributed by atoms with Crippen LogP contribution in [0.3, 0.4) is 0 Å². The topological polar surface area (TPSA) is 91.0 Å². The van der Waals surface area contributed by atoms with Crippen LogP contribution in [0.1, 0.15) is 30.7 Å². The number of alkyl halides is 3. The third-order valence-corrected chi connectivity index (χ3v) is 7.35. The van der Waals surface area contributed by atoms with Crippen molar-refractivity contribution in [1.82, 2.24) is 30.6 Å². The van der Waals surface area contributed by atoms with E-state index >= 15 is 0 Å². The molecule has 3 N–H and O–H groups in total. The minimum atomic E-state index is -4.57. The Morgan fingerprint density at radius 3 is 2.83 bits per heavy atom. The third kappa shape index (κ3) is 4.36. The second-order valence-corrected chi connectivity index (χ2v) is 9.90. The van der Waals surface area contributed by atoms with Crippen molar-refractivity contribution in [3.8, 4) is 11.3 Å². The molecule has 0 aromatic carbocycles. The molecule has 3 aliphatic heterocycles. The highest BCUT2D eigenvalue weighted by Gasteiger charge is 2.44. The molecule has 35 heavy (non-hydrogen) atoms. The first kappa shape index (κ1) is 22.7. The number of aromatic amines is 1. The number of pyridine rings is 1. The van der Waals surface area contributed by atoms with E-state index in [4.69, 9.17) is 9.72 Å². The highest BCUT2D eigenvalue weighted by atomic mass is 19.4. The van der Waals surface area contributed by atoms with Gasteiger partial charge in [-0.2, -0.15) is 13.2 Å². The minimum absolute atomic E-state index is 0.126. The van der Waals surface area contributed by atoms with Gasteiger partial charge in [0, 0.05) is 54.4 Å². The van der Waals surface area contributed by atoms with Gasteiger partial charge >= 0.3 is 6.18 Å². The monoisotopic (exact) mass is 487 g/mol. The number of anilines is 1. The molecule has 0 saturated carbocycles. The molecule has 186 valence electrons. The number of halogens is 3. The van der Waals surface area contributed by atoms with Gasteiger partial charge in [0.1, 0.15) is 22.9 Å². The van der Waals surface area contributed by atoms with E-state index < -0.39 is 11.7 Å². The lowest BCUT2D eigenvalue weighted by atomic mass is 9.85. The first-order valence-electron chi connectivity index (χ1n) is 12.1. The Kier molecular flexibility index (Phi) is 5.65. The highest BCUT2D eigenvalue weighted by Crippen LogP contribution is 2.41. The first-order valence-corrected chi connectivity index (χ1v) is 12.1. The van der Waals surface area contributed by atoms with Gasteiger partial charge < -0.3 is 25.3 Å². The average molecular weight is 488 g/mol. The lowest BCUT2D eigenvalue weighted by Crippen LogP contribution is -2.44. The molecule has 3 aliphatic rings. The molecule has 1 atom stereocenters. The zero-order valence-electron chi connectivity index (χ0n) is 19.3. The summed E-state index contributed by atoms with van der Waals surface area (Å²) in [7, 11) is 0. The van der Waals surface area contributed by atoms with Crippen molar-refractivity contribution in [3.63, 3.8) is 0 Å². The number of fused-ring (bicyclic) bond motifs is 1. The fourth-order valence-corrected chi connectivity index (χ4v) is 5.30. The quantitative estimate of drug-likeness (QED) is 0.510. The van der Waals surface area contributed by atoms with Gasteiger partial charge in [-0.15, -0.1) is 0 Å². The molecule has 3 aromatic heterocycles. The van der Waals surface area contributed by atoms with E-state index in [-0.39, 0.29) is 17.2 Å². The molecule has 0 aliphatic carbocycles. The van der Waals surface area contributed by atoms with Crippen LogP contribution in [0.5, 0.6) is 0 Å². The van der Waals surface area contributed by atoms with Crippen LogP contribution in [-0.2, 0) is 17.5 Å². The van der Waals surface area contributed by atoms with E-state index in [2.05, 4.69) is 30.5 Å². The standard InChI is InChI=1S/C24H28F3N7O/c25-24(26,27)18-10-30-19(11-29-15-2-1-6-28-8-15)32-21(18)17-9-31-22-16(17)3-4-20(33-22)34-7-5-23(12-34)13-35-14-23/h3-4,9-10,15,28-29H,1-2,5-8,11-14H2,(H,31,33). The molecule has 1 unspecified atom stereocenters. The van der Waals surface area contributed by atoms with E-state index in [1.54, 1.807) is 6.20 Å². The number of rotatable bonds is 5.